The molecule has 7 nitrogen and oxygen atoms in total. The van der Waals surface area contributed by atoms with E-state index in [0.717, 1.165) is 10.6 Å². The van der Waals surface area contributed by atoms with Gasteiger partial charge in [-0.05, 0) is 6.92 Å². The molecule has 0 radical (unpaired) electrons. The summed E-state index contributed by atoms with van der Waals surface area (Å²) in [6.07, 6.45) is -1.75. The summed E-state index contributed by atoms with van der Waals surface area (Å²) in [6, 6.07) is 1.15. The van der Waals surface area contributed by atoms with Crippen molar-refractivity contribution in [2.45, 2.75) is 30.2 Å². The minimum Gasteiger partial charge on any atom is -0.394 e. The van der Waals surface area contributed by atoms with Crippen molar-refractivity contribution in [1.29, 1.82) is 0 Å². The third kappa shape index (κ3) is 1.99. The number of nitrogens with zero attached hydrogens (tertiary/aromatic N) is 1. The van der Waals surface area contributed by atoms with E-state index in [0.29, 0.717) is 0 Å². The molecule has 0 aliphatic carbocycles. The van der Waals surface area contributed by atoms with Gasteiger partial charge in [0.25, 0.3) is 5.56 Å². The van der Waals surface area contributed by atoms with Gasteiger partial charge in [-0.15, -0.1) is 11.6 Å². The van der Waals surface area contributed by atoms with Crippen molar-refractivity contribution < 1.29 is 14.9 Å². The van der Waals surface area contributed by atoms with Gasteiger partial charge in [0.15, 0.2) is 6.23 Å². The second kappa shape index (κ2) is 4.51. The standard InChI is InChI=1S/C10H13ClN2O5/c1-10(11)7(16)5(4-14)18-8(10)13-3-2-6(15)12-9(13)17/h2-3,5,7-8,14,16H,4H2,1H3,(H,12,15,17)/t5?,7-,8?,10?/m0/s1. The van der Waals surface area contributed by atoms with Gasteiger partial charge in [-0.25, -0.2) is 4.79 Å². The first-order valence-corrected chi connectivity index (χ1v) is 5.70. The maximum atomic E-state index is 11.6. The molecule has 1 aliphatic heterocycles. The van der Waals surface area contributed by atoms with Crippen molar-refractivity contribution in [3.63, 3.8) is 0 Å². The summed E-state index contributed by atoms with van der Waals surface area (Å²) in [5, 5.41) is 18.9. The Morgan fingerprint density at radius 2 is 2.28 bits per heavy atom. The Kier molecular flexibility index (Phi) is 3.33. The number of hydrogen-bond acceptors (Lipinski definition) is 5. The average molecular weight is 277 g/mol. The fourth-order valence-electron chi connectivity index (χ4n) is 1.97. The largest absolute Gasteiger partial charge is 0.394 e. The van der Waals surface area contributed by atoms with Gasteiger partial charge in [-0.3, -0.25) is 14.3 Å². The summed E-state index contributed by atoms with van der Waals surface area (Å²) < 4.78 is 6.43. The molecule has 1 aromatic rings. The van der Waals surface area contributed by atoms with Gasteiger partial charge in [0.05, 0.1) is 6.61 Å². The molecule has 1 aliphatic rings. The first-order valence-electron chi connectivity index (χ1n) is 5.32. The Balaban J connectivity index is 2.45. The zero-order valence-corrected chi connectivity index (χ0v) is 10.3. The number of halogens is 1. The molecule has 1 aromatic heterocycles. The fourth-order valence-corrected chi connectivity index (χ4v) is 2.27. The SMILES string of the molecule is CC1(Cl)C(n2ccc(=O)[nH]c2=O)OC(CO)[C@@H]1O. The molecule has 0 spiro atoms. The summed E-state index contributed by atoms with van der Waals surface area (Å²) in [7, 11) is 0. The lowest BCUT2D eigenvalue weighted by Crippen LogP contribution is -2.42. The molecule has 2 rings (SSSR count). The zero-order chi connectivity index (χ0) is 13.5. The normalized spacial score (nSPS) is 35.9. The number of ether oxygens (including phenoxy) is 1. The van der Waals surface area contributed by atoms with Gasteiger partial charge in [-0.2, -0.15) is 0 Å². The van der Waals surface area contributed by atoms with Gasteiger partial charge in [-0.1, -0.05) is 0 Å². The minimum atomic E-state index is -1.28. The van der Waals surface area contributed by atoms with E-state index in [-0.39, 0.29) is 0 Å². The number of aliphatic hydroxyl groups excluding tert-OH is 2. The Hall–Kier alpha value is -1.15. The molecule has 0 bridgehead atoms. The van der Waals surface area contributed by atoms with Gasteiger partial charge < -0.3 is 14.9 Å². The van der Waals surface area contributed by atoms with E-state index in [9.17, 15) is 14.7 Å². The smallest absolute Gasteiger partial charge is 0.330 e. The van der Waals surface area contributed by atoms with E-state index in [1.165, 1.54) is 13.1 Å². The van der Waals surface area contributed by atoms with E-state index < -0.39 is 41.2 Å². The molecule has 0 amide bonds. The number of alkyl halides is 1. The highest BCUT2D eigenvalue weighted by Gasteiger charge is 2.53. The Morgan fingerprint density at radius 3 is 2.78 bits per heavy atom. The molecule has 1 fully saturated rings. The second-order valence-electron chi connectivity index (χ2n) is 4.32. The van der Waals surface area contributed by atoms with E-state index in [4.69, 9.17) is 21.4 Å². The van der Waals surface area contributed by atoms with Crippen LogP contribution >= 0.6 is 11.6 Å². The van der Waals surface area contributed by atoms with E-state index in [1.54, 1.807) is 0 Å². The lowest BCUT2D eigenvalue weighted by molar-refractivity contribution is -0.0470. The van der Waals surface area contributed by atoms with Crippen LogP contribution in [-0.2, 0) is 4.74 Å². The Bertz CT molecular complexity index is 552. The van der Waals surface area contributed by atoms with E-state index in [2.05, 4.69) is 4.98 Å². The average Bonchev–Trinajstić information content (AvgIpc) is 2.52. The lowest BCUT2D eigenvalue weighted by Gasteiger charge is -2.26. The van der Waals surface area contributed by atoms with Crippen LogP contribution in [0.5, 0.6) is 0 Å². The van der Waals surface area contributed by atoms with E-state index in [1.807, 2.05) is 0 Å². The third-order valence-corrected chi connectivity index (χ3v) is 3.41. The highest BCUT2D eigenvalue weighted by molar-refractivity contribution is 6.24. The number of aromatic nitrogens is 2. The van der Waals surface area contributed by atoms with Crippen LogP contribution in [0.2, 0.25) is 0 Å². The molecule has 1 saturated heterocycles. The minimum absolute atomic E-state index is 0.419. The van der Waals surface area contributed by atoms with Crippen LogP contribution in [0.1, 0.15) is 13.2 Å². The van der Waals surface area contributed by atoms with Crippen LogP contribution in [0, 0.1) is 0 Å². The highest BCUT2D eigenvalue weighted by atomic mass is 35.5. The molecule has 2 heterocycles. The molecule has 18 heavy (non-hydrogen) atoms. The maximum absolute atomic E-state index is 11.6. The molecular weight excluding hydrogens is 264 g/mol. The number of hydrogen-bond donors (Lipinski definition) is 3. The fraction of sp³-hybridized carbons (Fsp3) is 0.600. The molecular formula is C10H13ClN2O5. The van der Waals surface area contributed by atoms with Crippen molar-refractivity contribution in [2.75, 3.05) is 6.61 Å². The van der Waals surface area contributed by atoms with Crippen molar-refractivity contribution in [3.8, 4) is 0 Å². The summed E-state index contributed by atoms with van der Waals surface area (Å²) in [6.45, 7) is 1.08. The second-order valence-corrected chi connectivity index (χ2v) is 5.14. The molecule has 0 saturated carbocycles. The van der Waals surface area contributed by atoms with Crippen LogP contribution in [0.15, 0.2) is 21.9 Å². The molecule has 3 unspecified atom stereocenters. The number of aromatic amines is 1. The van der Waals surface area contributed by atoms with Crippen molar-refractivity contribution in [3.05, 3.63) is 33.1 Å². The zero-order valence-electron chi connectivity index (χ0n) is 9.54. The molecule has 4 atom stereocenters. The van der Waals surface area contributed by atoms with E-state index >= 15 is 0 Å². The van der Waals surface area contributed by atoms with Crippen LogP contribution < -0.4 is 11.2 Å². The number of aliphatic hydroxyl groups is 2. The maximum Gasteiger partial charge on any atom is 0.330 e. The van der Waals surface area contributed by atoms with Gasteiger partial charge in [0.1, 0.15) is 17.1 Å². The highest BCUT2D eigenvalue weighted by Crippen LogP contribution is 2.42. The van der Waals surface area contributed by atoms with Crippen molar-refractivity contribution >= 4 is 11.6 Å². The van der Waals surface area contributed by atoms with Crippen LogP contribution in [0.4, 0.5) is 0 Å². The van der Waals surface area contributed by atoms with Crippen LogP contribution in [-0.4, -0.2) is 43.5 Å². The topological polar surface area (TPSA) is 105 Å². The predicted octanol–water partition coefficient (Wildman–Crippen LogP) is -1.22. The molecule has 8 heteroatoms. The van der Waals surface area contributed by atoms with Crippen LogP contribution in [0.25, 0.3) is 0 Å². The summed E-state index contributed by atoms with van der Waals surface area (Å²) in [4.78, 5) is 23.4. The van der Waals surface area contributed by atoms with Gasteiger partial charge >= 0.3 is 5.69 Å². The van der Waals surface area contributed by atoms with Crippen molar-refractivity contribution in [2.24, 2.45) is 0 Å². The summed E-state index contributed by atoms with van der Waals surface area (Å²) >= 11 is 6.17. The Morgan fingerprint density at radius 1 is 1.61 bits per heavy atom. The third-order valence-electron chi connectivity index (χ3n) is 3.00. The quantitative estimate of drug-likeness (QED) is 0.588. The monoisotopic (exact) mass is 276 g/mol. The van der Waals surface area contributed by atoms with Crippen LogP contribution in [0.3, 0.4) is 0 Å². The first kappa shape index (κ1) is 13.3. The number of H-pyrrole nitrogens is 1. The molecule has 100 valence electrons. The lowest BCUT2D eigenvalue weighted by atomic mass is 10.0. The first-order chi connectivity index (χ1) is 8.37. The molecule has 3 N–H and O–H groups in total. The van der Waals surface area contributed by atoms with Gasteiger partial charge in [0, 0.05) is 12.3 Å². The Labute approximate surface area is 107 Å². The number of nitrogens with one attached hydrogen (secondary N) is 1. The summed E-state index contributed by atoms with van der Waals surface area (Å²) in [5.41, 5.74) is -1.23. The molecule has 0 aromatic carbocycles. The van der Waals surface area contributed by atoms with Crippen molar-refractivity contribution in [1.82, 2.24) is 9.55 Å². The number of rotatable bonds is 2. The predicted molar refractivity (Wildman–Crippen MR) is 62.6 cm³/mol. The summed E-state index contributed by atoms with van der Waals surface area (Å²) in [5.74, 6) is 0. The van der Waals surface area contributed by atoms with Gasteiger partial charge in [0.2, 0.25) is 0 Å².